The summed E-state index contributed by atoms with van der Waals surface area (Å²) in [5.41, 5.74) is 0.712. The van der Waals surface area contributed by atoms with Gasteiger partial charge in [-0.05, 0) is 42.5 Å². The second-order valence-electron chi connectivity index (χ2n) is 5.27. The third-order valence-electron chi connectivity index (χ3n) is 3.29. The van der Waals surface area contributed by atoms with Gasteiger partial charge in [-0.25, -0.2) is 4.39 Å². The molecule has 0 bridgehead atoms. The van der Waals surface area contributed by atoms with Crippen LogP contribution in [0.3, 0.4) is 0 Å². The quantitative estimate of drug-likeness (QED) is 0.558. The van der Waals surface area contributed by atoms with Crippen molar-refractivity contribution in [3.05, 3.63) is 63.9 Å². The van der Waals surface area contributed by atoms with Gasteiger partial charge in [0.25, 0.3) is 5.91 Å². The van der Waals surface area contributed by atoms with Crippen molar-refractivity contribution < 1.29 is 23.5 Å². The fourth-order valence-electron chi connectivity index (χ4n) is 1.98. The largest absolute Gasteiger partial charge is 0.456 e. The number of amides is 1. The Kier molecular flexibility index (Phi) is 7.12. The van der Waals surface area contributed by atoms with Gasteiger partial charge in [0.15, 0.2) is 12.4 Å². The van der Waals surface area contributed by atoms with Gasteiger partial charge in [0.1, 0.15) is 5.82 Å². The lowest BCUT2D eigenvalue weighted by atomic mass is 10.1. The molecule has 0 aliphatic carbocycles. The minimum absolute atomic E-state index is 0.0460. The average Bonchev–Trinajstić information content (AvgIpc) is 2.61. The zero-order valence-electron chi connectivity index (χ0n) is 13.4. The average molecular weight is 398 g/mol. The van der Waals surface area contributed by atoms with Gasteiger partial charge in [0.05, 0.1) is 11.4 Å². The number of ketones is 1. The minimum atomic E-state index is -0.681. The SMILES string of the molecule is O=C(COC(=O)CCC(=O)c1ccc(Cl)cc1)Nc1ccc(F)c(Cl)c1. The first-order valence-corrected chi connectivity index (χ1v) is 8.30. The monoisotopic (exact) mass is 397 g/mol. The molecule has 0 saturated carbocycles. The van der Waals surface area contributed by atoms with E-state index in [0.717, 1.165) is 6.07 Å². The molecule has 0 radical (unpaired) electrons. The fourth-order valence-corrected chi connectivity index (χ4v) is 2.29. The van der Waals surface area contributed by atoms with Gasteiger partial charge in [-0.3, -0.25) is 14.4 Å². The summed E-state index contributed by atoms with van der Waals surface area (Å²) < 4.78 is 17.8. The molecule has 1 amide bonds. The summed E-state index contributed by atoms with van der Waals surface area (Å²) >= 11 is 11.3. The molecule has 0 spiro atoms. The molecule has 26 heavy (non-hydrogen) atoms. The van der Waals surface area contributed by atoms with Crippen LogP contribution < -0.4 is 5.32 Å². The highest BCUT2D eigenvalue weighted by molar-refractivity contribution is 6.31. The number of ether oxygens (including phenoxy) is 1. The van der Waals surface area contributed by atoms with E-state index in [0.29, 0.717) is 10.6 Å². The van der Waals surface area contributed by atoms with E-state index in [1.165, 1.54) is 12.1 Å². The van der Waals surface area contributed by atoms with Crippen LogP contribution in [0.2, 0.25) is 10.0 Å². The van der Waals surface area contributed by atoms with E-state index >= 15 is 0 Å². The molecule has 0 atom stereocenters. The molecule has 2 aromatic carbocycles. The van der Waals surface area contributed by atoms with Crippen LogP contribution in [0, 0.1) is 5.82 Å². The number of hydrogen-bond acceptors (Lipinski definition) is 4. The molecular formula is C18H14Cl2FNO4. The van der Waals surface area contributed by atoms with Crippen LogP contribution in [-0.2, 0) is 14.3 Å². The lowest BCUT2D eigenvalue weighted by Crippen LogP contribution is -2.21. The first kappa shape index (κ1) is 19.9. The number of Topliss-reactive ketones (excluding diaryl/α,β-unsaturated/α-hetero) is 1. The van der Waals surface area contributed by atoms with Gasteiger partial charge in [0, 0.05) is 22.7 Å². The number of anilines is 1. The first-order chi connectivity index (χ1) is 12.3. The van der Waals surface area contributed by atoms with Crippen molar-refractivity contribution in [1.29, 1.82) is 0 Å². The number of carbonyl (C=O) groups is 3. The highest BCUT2D eigenvalue weighted by Gasteiger charge is 2.12. The number of benzene rings is 2. The third-order valence-corrected chi connectivity index (χ3v) is 3.83. The molecule has 0 aliphatic heterocycles. The second kappa shape index (κ2) is 9.31. The van der Waals surface area contributed by atoms with Crippen LogP contribution in [0.1, 0.15) is 23.2 Å². The van der Waals surface area contributed by atoms with Crippen molar-refractivity contribution >= 4 is 46.5 Å². The number of carbonyl (C=O) groups excluding carboxylic acids is 3. The Balaban J connectivity index is 1.73. The van der Waals surface area contributed by atoms with Crippen LogP contribution in [0.5, 0.6) is 0 Å². The zero-order valence-corrected chi connectivity index (χ0v) is 14.9. The van der Waals surface area contributed by atoms with E-state index in [4.69, 9.17) is 27.9 Å². The normalized spacial score (nSPS) is 10.3. The Hall–Kier alpha value is -2.44. The maximum Gasteiger partial charge on any atom is 0.306 e. The molecule has 136 valence electrons. The second-order valence-corrected chi connectivity index (χ2v) is 6.11. The summed E-state index contributed by atoms with van der Waals surface area (Å²) in [6, 6.07) is 9.96. The molecule has 1 N–H and O–H groups in total. The topological polar surface area (TPSA) is 72.5 Å². The number of esters is 1. The van der Waals surface area contributed by atoms with E-state index in [2.05, 4.69) is 5.32 Å². The van der Waals surface area contributed by atoms with E-state index in [-0.39, 0.29) is 29.3 Å². The van der Waals surface area contributed by atoms with Crippen molar-refractivity contribution in [1.82, 2.24) is 0 Å². The van der Waals surface area contributed by atoms with Gasteiger partial charge in [-0.2, -0.15) is 0 Å². The van der Waals surface area contributed by atoms with Gasteiger partial charge < -0.3 is 10.1 Å². The lowest BCUT2D eigenvalue weighted by Gasteiger charge is -2.07. The standard InChI is InChI=1S/C18H14Cl2FNO4/c19-12-3-1-11(2-4-12)16(23)7-8-18(25)26-10-17(24)22-13-5-6-15(21)14(20)9-13/h1-6,9H,7-8,10H2,(H,22,24). The van der Waals surface area contributed by atoms with Crippen molar-refractivity contribution in [3.63, 3.8) is 0 Å². The molecule has 0 unspecified atom stereocenters. The number of hydrogen-bond donors (Lipinski definition) is 1. The van der Waals surface area contributed by atoms with Crippen LogP contribution >= 0.6 is 23.2 Å². The summed E-state index contributed by atoms with van der Waals surface area (Å²) in [6.07, 6.45) is -0.202. The Bertz CT molecular complexity index is 824. The summed E-state index contributed by atoms with van der Waals surface area (Å²) in [5.74, 6) is -2.13. The summed E-state index contributed by atoms with van der Waals surface area (Å²) in [7, 11) is 0. The van der Waals surface area contributed by atoms with Gasteiger partial charge in [0.2, 0.25) is 0 Å². The molecule has 2 rings (SSSR count). The van der Waals surface area contributed by atoms with Crippen molar-refractivity contribution in [2.75, 3.05) is 11.9 Å². The van der Waals surface area contributed by atoms with Gasteiger partial charge in [-0.15, -0.1) is 0 Å². The smallest absolute Gasteiger partial charge is 0.306 e. The Labute approximate surface area is 159 Å². The molecule has 5 nitrogen and oxygen atoms in total. The number of nitrogens with one attached hydrogen (secondary N) is 1. The van der Waals surface area contributed by atoms with Crippen LogP contribution in [0.15, 0.2) is 42.5 Å². The molecule has 0 aromatic heterocycles. The molecule has 0 fully saturated rings. The van der Waals surface area contributed by atoms with Gasteiger partial charge >= 0.3 is 5.97 Å². The predicted octanol–water partition coefficient (Wildman–Crippen LogP) is 4.28. The maximum atomic E-state index is 13.0. The first-order valence-electron chi connectivity index (χ1n) is 7.54. The zero-order chi connectivity index (χ0) is 19.1. The number of rotatable bonds is 7. The van der Waals surface area contributed by atoms with E-state index in [1.807, 2.05) is 0 Å². The third kappa shape index (κ3) is 6.13. The maximum absolute atomic E-state index is 13.0. The molecule has 8 heteroatoms. The summed E-state index contributed by atoms with van der Waals surface area (Å²) in [4.78, 5) is 35.3. The van der Waals surface area contributed by atoms with Crippen molar-refractivity contribution in [2.24, 2.45) is 0 Å². The van der Waals surface area contributed by atoms with Gasteiger partial charge in [-0.1, -0.05) is 23.2 Å². The highest BCUT2D eigenvalue weighted by atomic mass is 35.5. The van der Waals surface area contributed by atoms with E-state index in [1.54, 1.807) is 24.3 Å². The Morgan fingerprint density at radius 2 is 1.69 bits per heavy atom. The van der Waals surface area contributed by atoms with Crippen molar-refractivity contribution in [2.45, 2.75) is 12.8 Å². The molecule has 0 heterocycles. The summed E-state index contributed by atoms with van der Waals surface area (Å²) in [6.45, 7) is -0.525. The Morgan fingerprint density at radius 1 is 1.00 bits per heavy atom. The summed E-state index contributed by atoms with van der Waals surface area (Å²) in [5, 5.41) is 2.78. The molecule has 2 aromatic rings. The Morgan fingerprint density at radius 3 is 2.35 bits per heavy atom. The van der Waals surface area contributed by atoms with E-state index in [9.17, 15) is 18.8 Å². The highest BCUT2D eigenvalue weighted by Crippen LogP contribution is 2.19. The van der Waals surface area contributed by atoms with Crippen LogP contribution in [-0.4, -0.2) is 24.3 Å². The van der Waals surface area contributed by atoms with Crippen LogP contribution in [0.4, 0.5) is 10.1 Å². The fraction of sp³-hybridized carbons (Fsp3) is 0.167. The molecule has 0 aliphatic rings. The number of halogens is 3. The molecular weight excluding hydrogens is 384 g/mol. The predicted molar refractivity (Wildman–Crippen MR) is 96.0 cm³/mol. The van der Waals surface area contributed by atoms with Crippen LogP contribution in [0.25, 0.3) is 0 Å². The van der Waals surface area contributed by atoms with E-state index < -0.39 is 24.3 Å². The minimum Gasteiger partial charge on any atom is -0.456 e. The lowest BCUT2D eigenvalue weighted by molar-refractivity contribution is -0.147. The molecule has 0 saturated heterocycles. The van der Waals surface area contributed by atoms with Crippen molar-refractivity contribution in [3.8, 4) is 0 Å².